The average molecular weight is 302 g/mol. The minimum atomic E-state index is -4.40. The van der Waals surface area contributed by atoms with Crippen LogP contribution < -0.4 is 10.2 Å². The smallest absolute Gasteiger partial charge is 0.345 e. The van der Waals surface area contributed by atoms with E-state index in [9.17, 15) is 18.0 Å². The second-order valence-corrected chi connectivity index (χ2v) is 5.10. The summed E-state index contributed by atoms with van der Waals surface area (Å²) < 4.78 is 36.5. The van der Waals surface area contributed by atoms with E-state index in [4.69, 9.17) is 0 Å². The summed E-state index contributed by atoms with van der Waals surface area (Å²) in [5.41, 5.74) is 0.763. The van der Waals surface area contributed by atoms with E-state index in [1.165, 1.54) is 0 Å². The van der Waals surface area contributed by atoms with Gasteiger partial charge in [-0.2, -0.15) is 13.2 Å². The van der Waals surface area contributed by atoms with Crippen molar-refractivity contribution in [2.45, 2.75) is 38.9 Å². The summed E-state index contributed by atoms with van der Waals surface area (Å²) in [4.78, 5) is 22.1. The lowest BCUT2D eigenvalue weighted by Gasteiger charge is -2.25. The van der Waals surface area contributed by atoms with Crippen LogP contribution in [-0.2, 0) is 4.79 Å². The van der Waals surface area contributed by atoms with Gasteiger partial charge < -0.3 is 10.2 Å². The molecule has 2 heterocycles. The Morgan fingerprint density at radius 3 is 2.76 bits per heavy atom. The summed E-state index contributed by atoms with van der Waals surface area (Å²) in [6.07, 6.45) is -3.14. The zero-order valence-corrected chi connectivity index (χ0v) is 11.9. The molecule has 1 fully saturated rings. The van der Waals surface area contributed by atoms with Crippen molar-refractivity contribution in [1.29, 1.82) is 0 Å². The highest BCUT2D eigenvalue weighted by Gasteiger charge is 2.34. The Morgan fingerprint density at radius 2 is 2.14 bits per heavy atom. The molecule has 1 atom stereocenters. The monoisotopic (exact) mass is 302 g/mol. The van der Waals surface area contributed by atoms with Gasteiger partial charge in [-0.15, -0.1) is 0 Å². The number of nitrogens with one attached hydrogen (secondary N) is 1. The quantitative estimate of drug-likeness (QED) is 0.924. The molecule has 5 nitrogen and oxygen atoms in total. The Balaban J connectivity index is 2.11. The first-order valence-corrected chi connectivity index (χ1v) is 6.69. The van der Waals surface area contributed by atoms with Crippen molar-refractivity contribution in [3.63, 3.8) is 0 Å². The van der Waals surface area contributed by atoms with Crippen LogP contribution in [0.2, 0.25) is 0 Å². The third-order valence-electron chi connectivity index (χ3n) is 3.27. The second kappa shape index (κ2) is 5.87. The molecule has 1 amide bonds. The molecule has 0 aromatic carbocycles. The third-order valence-corrected chi connectivity index (χ3v) is 3.27. The number of hydrogen-bond acceptors (Lipinski definition) is 4. The van der Waals surface area contributed by atoms with Crippen molar-refractivity contribution in [2.24, 2.45) is 0 Å². The molecule has 0 aliphatic carbocycles. The van der Waals surface area contributed by atoms with Gasteiger partial charge in [-0.25, -0.2) is 9.97 Å². The first-order chi connectivity index (χ1) is 9.76. The number of rotatable bonds is 3. The Labute approximate surface area is 120 Å². The first kappa shape index (κ1) is 15.5. The fraction of sp³-hybridized carbons (Fsp3) is 0.615. The van der Waals surface area contributed by atoms with Crippen LogP contribution in [0.4, 0.5) is 19.0 Å². The summed E-state index contributed by atoms with van der Waals surface area (Å²) in [7, 11) is 0. The van der Waals surface area contributed by atoms with Gasteiger partial charge in [0.1, 0.15) is 24.2 Å². The number of anilines is 1. The van der Waals surface area contributed by atoms with Gasteiger partial charge >= 0.3 is 6.18 Å². The van der Waals surface area contributed by atoms with Gasteiger partial charge in [-0.05, 0) is 26.7 Å². The third kappa shape index (κ3) is 4.05. The largest absolute Gasteiger partial charge is 0.405 e. The molecule has 116 valence electrons. The van der Waals surface area contributed by atoms with Gasteiger partial charge in [-0.3, -0.25) is 4.79 Å². The number of amides is 1. The van der Waals surface area contributed by atoms with E-state index in [1.807, 2.05) is 12.2 Å². The first-order valence-electron chi connectivity index (χ1n) is 6.69. The Hall–Kier alpha value is -1.86. The maximum absolute atomic E-state index is 12.2. The fourth-order valence-electron chi connectivity index (χ4n) is 2.46. The summed E-state index contributed by atoms with van der Waals surface area (Å²) in [6, 6.07) is 1.13. The number of alkyl halides is 3. The molecular weight excluding hydrogens is 285 g/mol. The van der Waals surface area contributed by atoms with Gasteiger partial charge in [0.2, 0.25) is 5.91 Å². The average Bonchev–Trinajstić information content (AvgIpc) is 2.83. The normalized spacial score (nSPS) is 18.9. The number of aromatic nitrogens is 2. The fourth-order valence-corrected chi connectivity index (χ4v) is 2.46. The molecule has 0 saturated carbocycles. The van der Waals surface area contributed by atoms with E-state index in [2.05, 4.69) is 9.97 Å². The van der Waals surface area contributed by atoms with Gasteiger partial charge in [0, 0.05) is 18.3 Å². The van der Waals surface area contributed by atoms with Crippen molar-refractivity contribution in [3.8, 4) is 0 Å². The maximum atomic E-state index is 12.2. The molecule has 1 saturated heterocycles. The van der Waals surface area contributed by atoms with Crippen LogP contribution in [0.3, 0.4) is 0 Å². The molecule has 21 heavy (non-hydrogen) atoms. The topological polar surface area (TPSA) is 58.1 Å². The Bertz CT molecular complexity index is 512. The SMILES string of the molecule is Cc1cc(N2CCC[C@H]2C(=O)NCC(F)(F)F)nc(C)n1. The number of hydrogen-bond donors (Lipinski definition) is 1. The van der Waals surface area contributed by atoms with Crippen molar-refractivity contribution < 1.29 is 18.0 Å². The van der Waals surface area contributed by atoms with Gasteiger partial charge in [0.25, 0.3) is 0 Å². The Kier molecular flexibility index (Phi) is 4.34. The van der Waals surface area contributed by atoms with E-state index in [-0.39, 0.29) is 0 Å². The molecule has 1 N–H and O–H groups in total. The van der Waals surface area contributed by atoms with E-state index in [0.717, 1.165) is 12.1 Å². The predicted octanol–water partition coefficient (Wildman–Crippen LogP) is 1.74. The number of nitrogens with zero attached hydrogens (tertiary/aromatic N) is 3. The van der Waals surface area contributed by atoms with E-state index >= 15 is 0 Å². The molecule has 1 aliphatic rings. The molecule has 1 aromatic rings. The minimum absolute atomic E-state index is 0.520. The number of aryl methyl sites for hydroxylation is 2. The van der Waals surface area contributed by atoms with Crippen LogP contribution in [0.5, 0.6) is 0 Å². The van der Waals surface area contributed by atoms with Gasteiger partial charge in [0.15, 0.2) is 0 Å². The van der Waals surface area contributed by atoms with Gasteiger partial charge in [0.05, 0.1) is 0 Å². The van der Waals surface area contributed by atoms with Crippen LogP contribution in [0.15, 0.2) is 6.07 Å². The molecule has 1 aliphatic heterocycles. The highest BCUT2D eigenvalue weighted by Crippen LogP contribution is 2.25. The molecule has 0 radical (unpaired) electrons. The van der Waals surface area contributed by atoms with Crippen LogP contribution in [0, 0.1) is 13.8 Å². The number of carbonyl (C=O) groups excluding carboxylic acids is 1. The molecule has 2 rings (SSSR count). The molecule has 0 spiro atoms. The van der Waals surface area contributed by atoms with Crippen LogP contribution >= 0.6 is 0 Å². The van der Waals surface area contributed by atoms with Gasteiger partial charge in [-0.1, -0.05) is 0 Å². The zero-order valence-electron chi connectivity index (χ0n) is 11.9. The van der Waals surface area contributed by atoms with E-state index < -0.39 is 24.7 Å². The van der Waals surface area contributed by atoms with Crippen molar-refractivity contribution >= 4 is 11.7 Å². The second-order valence-electron chi connectivity index (χ2n) is 5.10. The number of halogens is 3. The maximum Gasteiger partial charge on any atom is 0.405 e. The van der Waals surface area contributed by atoms with Crippen molar-refractivity contribution in [3.05, 3.63) is 17.6 Å². The standard InChI is InChI=1S/C13H17F3N4O/c1-8-6-11(19-9(2)18-8)20-5-3-4-10(20)12(21)17-7-13(14,15)16/h6,10H,3-5,7H2,1-2H3,(H,17,21)/t10-/m0/s1. The van der Waals surface area contributed by atoms with Crippen LogP contribution in [-0.4, -0.2) is 41.2 Å². The van der Waals surface area contributed by atoms with Crippen molar-refractivity contribution in [2.75, 3.05) is 18.0 Å². The molecular formula is C13H17F3N4O. The molecule has 1 aromatic heterocycles. The van der Waals surface area contributed by atoms with Crippen LogP contribution in [0.25, 0.3) is 0 Å². The summed E-state index contributed by atoms with van der Waals surface area (Å²) in [5, 5.41) is 1.94. The summed E-state index contributed by atoms with van der Waals surface area (Å²) >= 11 is 0. The van der Waals surface area contributed by atoms with Crippen LogP contribution in [0.1, 0.15) is 24.4 Å². The van der Waals surface area contributed by atoms with E-state index in [1.54, 1.807) is 17.9 Å². The molecule has 0 unspecified atom stereocenters. The highest BCUT2D eigenvalue weighted by atomic mass is 19.4. The lowest BCUT2D eigenvalue weighted by molar-refractivity contribution is -0.139. The van der Waals surface area contributed by atoms with E-state index in [0.29, 0.717) is 24.6 Å². The van der Waals surface area contributed by atoms with Crippen molar-refractivity contribution in [1.82, 2.24) is 15.3 Å². The zero-order chi connectivity index (χ0) is 15.6. The molecule has 8 heteroatoms. The summed E-state index contributed by atoms with van der Waals surface area (Å²) in [6.45, 7) is 2.84. The predicted molar refractivity (Wildman–Crippen MR) is 70.9 cm³/mol. The minimum Gasteiger partial charge on any atom is -0.345 e. The highest BCUT2D eigenvalue weighted by molar-refractivity contribution is 5.85. The molecule has 0 bridgehead atoms. The summed E-state index contributed by atoms with van der Waals surface area (Å²) in [5.74, 6) is 0.551. The number of carbonyl (C=O) groups is 1. The lowest BCUT2D eigenvalue weighted by Crippen LogP contribution is -2.46. The Morgan fingerprint density at radius 1 is 1.43 bits per heavy atom. The lowest BCUT2D eigenvalue weighted by atomic mass is 10.2.